The molecule has 0 saturated carbocycles. The van der Waals surface area contributed by atoms with E-state index in [1.165, 1.54) is 12.8 Å². The zero-order valence-electron chi connectivity index (χ0n) is 13.0. The van der Waals surface area contributed by atoms with Gasteiger partial charge < -0.3 is 4.90 Å². The first-order chi connectivity index (χ1) is 10.1. The molecule has 0 spiro atoms. The van der Waals surface area contributed by atoms with Crippen LogP contribution in [-0.4, -0.2) is 33.9 Å². The van der Waals surface area contributed by atoms with E-state index in [9.17, 15) is 9.00 Å². The summed E-state index contributed by atoms with van der Waals surface area (Å²) < 4.78 is 12.5. The van der Waals surface area contributed by atoms with Crippen molar-refractivity contribution in [2.75, 3.05) is 18.8 Å². The molecule has 0 unspecified atom stereocenters. The minimum absolute atomic E-state index is 0.0507. The van der Waals surface area contributed by atoms with Crippen molar-refractivity contribution in [3.05, 3.63) is 35.4 Å². The Morgan fingerprint density at radius 3 is 2.52 bits per heavy atom. The Morgan fingerprint density at radius 2 is 1.90 bits per heavy atom. The van der Waals surface area contributed by atoms with E-state index in [1.807, 2.05) is 36.9 Å². The van der Waals surface area contributed by atoms with Crippen molar-refractivity contribution in [1.82, 2.24) is 4.90 Å². The van der Waals surface area contributed by atoms with Gasteiger partial charge in [-0.25, -0.2) is 0 Å². The number of rotatable bonds is 4. The van der Waals surface area contributed by atoms with Gasteiger partial charge in [-0.05, 0) is 32.3 Å². The van der Waals surface area contributed by atoms with Crippen molar-refractivity contribution >= 4 is 16.7 Å². The number of nitrogens with zero attached hydrogens (tertiary/aromatic N) is 1. The third-order valence-electron chi connectivity index (χ3n) is 4.13. The summed E-state index contributed by atoms with van der Waals surface area (Å²) in [6, 6.07) is 8.06. The van der Waals surface area contributed by atoms with Crippen LogP contribution in [0.4, 0.5) is 0 Å². The van der Waals surface area contributed by atoms with E-state index in [-0.39, 0.29) is 16.9 Å². The molecule has 1 amide bonds. The van der Waals surface area contributed by atoms with Gasteiger partial charge in [-0.15, -0.1) is 0 Å². The molecule has 21 heavy (non-hydrogen) atoms. The molecule has 4 heteroatoms. The van der Waals surface area contributed by atoms with Gasteiger partial charge in [0.25, 0.3) is 0 Å². The van der Waals surface area contributed by atoms with Crippen molar-refractivity contribution in [1.29, 1.82) is 0 Å². The maximum Gasteiger partial charge on any atom is 0.235 e. The van der Waals surface area contributed by atoms with Crippen LogP contribution in [0, 0.1) is 6.92 Å². The van der Waals surface area contributed by atoms with Gasteiger partial charge in [0.1, 0.15) is 5.75 Å². The van der Waals surface area contributed by atoms with Crippen molar-refractivity contribution in [3.8, 4) is 0 Å². The summed E-state index contributed by atoms with van der Waals surface area (Å²) >= 11 is 0. The largest absolute Gasteiger partial charge is 0.342 e. The smallest absolute Gasteiger partial charge is 0.235 e. The molecule has 2 rings (SSSR count). The van der Waals surface area contributed by atoms with Crippen LogP contribution in [0.15, 0.2) is 24.3 Å². The maximum atomic E-state index is 12.5. The Kier molecular flexibility index (Phi) is 5.97. The summed E-state index contributed by atoms with van der Waals surface area (Å²) in [5.41, 5.74) is 2.21. The standard InChI is InChI=1S/C17H25NO2S/c1-14-8-7-9-16(12-14)15(2)21(20)13-17(19)18-10-5-3-4-6-11-18/h7-9,12,15H,3-6,10-11,13H2,1-2H3/t15-,21-/m1/s1. The second-order valence-corrected chi connectivity index (χ2v) is 7.63. The summed E-state index contributed by atoms with van der Waals surface area (Å²) in [7, 11) is -1.15. The molecule has 1 aliphatic heterocycles. The van der Waals surface area contributed by atoms with Gasteiger partial charge in [0, 0.05) is 23.9 Å². The zero-order chi connectivity index (χ0) is 15.2. The minimum Gasteiger partial charge on any atom is -0.342 e. The molecule has 0 aliphatic carbocycles. The molecule has 0 bridgehead atoms. The first-order valence-corrected chi connectivity index (χ1v) is 9.17. The van der Waals surface area contributed by atoms with Crippen LogP contribution in [0.1, 0.15) is 49.0 Å². The van der Waals surface area contributed by atoms with Crippen molar-refractivity contribution in [3.63, 3.8) is 0 Å². The molecule has 1 aromatic carbocycles. The van der Waals surface area contributed by atoms with E-state index < -0.39 is 10.8 Å². The molecular formula is C17H25NO2S. The van der Waals surface area contributed by atoms with Crippen molar-refractivity contribution in [2.45, 2.75) is 44.8 Å². The Labute approximate surface area is 130 Å². The lowest BCUT2D eigenvalue weighted by Crippen LogP contribution is -2.35. The predicted octanol–water partition coefficient (Wildman–Crippen LogP) is 3.21. The molecule has 1 heterocycles. The van der Waals surface area contributed by atoms with Crippen LogP contribution in [0.25, 0.3) is 0 Å². The Hall–Kier alpha value is -1.16. The Bertz CT molecular complexity index is 507. The first-order valence-electron chi connectivity index (χ1n) is 7.79. The quantitative estimate of drug-likeness (QED) is 0.856. The number of hydrogen-bond acceptors (Lipinski definition) is 2. The van der Waals surface area contributed by atoms with E-state index in [1.54, 1.807) is 0 Å². The van der Waals surface area contributed by atoms with Gasteiger partial charge in [0.05, 0.1) is 5.25 Å². The van der Waals surface area contributed by atoms with Crippen LogP contribution >= 0.6 is 0 Å². The number of benzene rings is 1. The molecular weight excluding hydrogens is 282 g/mol. The highest BCUT2D eigenvalue weighted by atomic mass is 32.2. The highest BCUT2D eigenvalue weighted by Gasteiger charge is 2.21. The van der Waals surface area contributed by atoms with Gasteiger partial charge in [-0.3, -0.25) is 9.00 Å². The van der Waals surface area contributed by atoms with Crippen LogP contribution in [-0.2, 0) is 15.6 Å². The average molecular weight is 307 g/mol. The predicted molar refractivity (Wildman–Crippen MR) is 87.7 cm³/mol. The SMILES string of the molecule is Cc1cccc([C@@H](C)[S@](=O)CC(=O)N2CCCCCC2)c1. The van der Waals surface area contributed by atoms with E-state index in [0.717, 1.165) is 37.1 Å². The van der Waals surface area contributed by atoms with E-state index in [4.69, 9.17) is 0 Å². The number of carbonyl (C=O) groups excluding carboxylic acids is 1. The van der Waals surface area contributed by atoms with Gasteiger partial charge in [-0.1, -0.05) is 42.7 Å². The van der Waals surface area contributed by atoms with Crippen molar-refractivity contribution in [2.24, 2.45) is 0 Å². The minimum atomic E-state index is -1.15. The lowest BCUT2D eigenvalue weighted by Gasteiger charge is -2.21. The number of carbonyl (C=O) groups is 1. The molecule has 2 atom stereocenters. The number of aryl methyl sites for hydroxylation is 1. The fourth-order valence-corrected chi connectivity index (χ4v) is 3.86. The summed E-state index contributed by atoms with van der Waals surface area (Å²) in [6.07, 6.45) is 4.55. The molecule has 3 nitrogen and oxygen atoms in total. The Morgan fingerprint density at radius 1 is 1.24 bits per heavy atom. The molecule has 0 radical (unpaired) electrons. The maximum absolute atomic E-state index is 12.5. The number of likely N-dealkylation sites (tertiary alicyclic amines) is 1. The summed E-state index contributed by atoms with van der Waals surface area (Å²) in [6.45, 7) is 5.63. The molecule has 1 aromatic rings. The second-order valence-electron chi connectivity index (χ2n) is 5.88. The molecule has 0 aromatic heterocycles. The van der Waals surface area contributed by atoms with Crippen LogP contribution in [0.3, 0.4) is 0 Å². The normalized spacial score (nSPS) is 18.9. The third-order valence-corrected chi connectivity index (χ3v) is 5.72. The van der Waals surface area contributed by atoms with Gasteiger partial charge in [0.15, 0.2) is 0 Å². The van der Waals surface area contributed by atoms with E-state index >= 15 is 0 Å². The van der Waals surface area contributed by atoms with Crippen molar-refractivity contribution < 1.29 is 9.00 Å². The molecule has 1 fully saturated rings. The molecule has 116 valence electrons. The van der Waals surface area contributed by atoms with Crippen LogP contribution in [0.2, 0.25) is 0 Å². The van der Waals surface area contributed by atoms with E-state index in [2.05, 4.69) is 6.07 Å². The lowest BCUT2D eigenvalue weighted by molar-refractivity contribution is -0.128. The van der Waals surface area contributed by atoms with Gasteiger partial charge >= 0.3 is 0 Å². The highest BCUT2D eigenvalue weighted by Crippen LogP contribution is 2.21. The molecule has 1 aliphatic rings. The van der Waals surface area contributed by atoms with Gasteiger partial charge in [-0.2, -0.15) is 0 Å². The van der Waals surface area contributed by atoms with Crippen LogP contribution < -0.4 is 0 Å². The second kappa shape index (κ2) is 7.74. The lowest BCUT2D eigenvalue weighted by atomic mass is 10.1. The number of hydrogen-bond donors (Lipinski definition) is 0. The first kappa shape index (κ1) is 16.2. The summed E-state index contributed by atoms with van der Waals surface area (Å²) in [4.78, 5) is 14.2. The summed E-state index contributed by atoms with van der Waals surface area (Å²) in [5.74, 6) is 0.199. The van der Waals surface area contributed by atoms with Gasteiger partial charge in [0.2, 0.25) is 5.91 Å². The zero-order valence-corrected chi connectivity index (χ0v) is 13.8. The number of amides is 1. The highest BCUT2D eigenvalue weighted by molar-refractivity contribution is 7.86. The molecule has 1 saturated heterocycles. The van der Waals surface area contributed by atoms with E-state index in [0.29, 0.717) is 0 Å². The fourth-order valence-electron chi connectivity index (χ4n) is 2.73. The fraction of sp³-hybridized carbons (Fsp3) is 0.588. The third kappa shape index (κ3) is 4.67. The average Bonchev–Trinajstić information content (AvgIpc) is 2.75. The Balaban J connectivity index is 1.95. The monoisotopic (exact) mass is 307 g/mol. The molecule has 0 N–H and O–H groups in total. The van der Waals surface area contributed by atoms with Crippen LogP contribution in [0.5, 0.6) is 0 Å². The summed E-state index contributed by atoms with van der Waals surface area (Å²) in [5, 5.41) is -0.0965. The topological polar surface area (TPSA) is 37.4 Å².